The van der Waals surface area contributed by atoms with Crippen LogP contribution in [-0.2, 0) is 6.54 Å². The molecule has 142 valence electrons. The highest BCUT2D eigenvalue weighted by Gasteiger charge is 2.15. The number of rotatable bonds is 4. The summed E-state index contributed by atoms with van der Waals surface area (Å²) in [4.78, 5) is 23.8. The van der Waals surface area contributed by atoms with Crippen molar-refractivity contribution in [3.05, 3.63) is 77.1 Å². The Kier molecular flexibility index (Phi) is 4.07. The highest BCUT2D eigenvalue weighted by atomic mass is 35.5. The van der Waals surface area contributed by atoms with E-state index in [1.165, 1.54) is 0 Å². The first kappa shape index (κ1) is 17.5. The molecule has 0 atom stereocenters. The van der Waals surface area contributed by atoms with Crippen LogP contribution in [0.15, 0.2) is 60.9 Å². The van der Waals surface area contributed by atoms with Crippen molar-refractivity contribution in [2.45, 2.75) is 6.54 Å². The Morgan fingerprint density at radius 3 is 2.83 bits per heavy atom. The Balaban J connectivity index is 1.72. The molecule has 0 aliphatic rings. The summed E-state index contributed by atoms with van der Waals surface area (Å²) >= 11 is 6.08. The van der Waals surface area contributed by atoms with Crippen molar-refractivity contribution in [1.82, 2.24) is 15.0 Å². The summed E-state index contributed by atoms with van der Waals surface area (Å²) < 4.78 is 0. The normalized spacial score (nSPS) is 11.3. The summed E-state index contributed by atoms with van der Waals surface area (Å²) in [6, 6.07) is 14.5. The molecule has 3 heterocycles. The van der Waals surface area contributed by atoms with Crippen LogP contribution in [-0.4, -0.2) is 26.0 Å². The number of halogens is 1. The highest BCUT2D eigenvalue weighted by molar-refractivity contribution is 6.30. The number of nitrogens with zero attached hydrogens (tertiary/aromatic N) is 2. The number of anilines is 1. The largest absolute Gasteiger partial charge is 0.478 e. The maximum Gasteiger partial charge on any atom is 0.335 e. The predicted octanol–water partition coefficient (Wildman–Crippen LogP) is 5.23. The lowest BCUT2D eigenvalue weighted by atomic mass is 10.0. The second kappa shape index (κ2) is 6.76. The quantitative estimate of drug-likeness (QED) is 0.383. The molecule has 6 nitrogen and oxygen atoms in total. The van der Waals surface area contributed by atoms with Gasteiger partial charge < -0.3 is 15.4 Å². The van der Waals surface area contributed by atoms with Gasteiger partial charge in [-0.3, -0.25) is 4.98 Å². The fraction of sp³-hybridized carbons (Fsp3) is 0.0455. The van der Waals surface area contributed by atoms with Crippen LogP contribution in [0.5, 0.6) is 0 Å². The Morgan fingerprint density at radius 2 is 2.00 bits per heavy atom. The van der Waals surface area contributed by atoms with Gasteiger partial charge in [0.1, 0.15) is 11.5 Å². The number of carboxylic acid groups (broad SMARTS) is 1. The number of hydrogen-bond donors (Lipinski definition) is 3. The predicted molar refractivity (Wildman–Crippen MR) is 115 cm³/mol. The first-order valence-corrected chi connectivity index (χ1v) is 9.39. The van der Waals surface area contributed by atoms with E-state index in [9.17, 15) is 9.90 Å². The maximum absolute atomic E-state index is 11.5. The number of benzene rings is 2. The van der Waals surface area contributed by atoms with Gasteiger partial charge in [0, 0.05) is 40.1 Å². The standard InChI is InChI=1S/C22H15ClN4O2/c23-14-3-1-2-12(8-14)10-25-20-16-9-13(22(28)29)4-5-15(16)19-17-11-24-7-6-18(17)26-21(19)27-20/h1-9,11H,10H2,(H,28,29)(H2,25,26,27). The van der Waals surface area contributed by atoms with E-state index in [2.05, 4.69) is 15.3 Å². The fourth-order valence-corrected chi connectivity index (χ4v) is 3.82. The van der Waals surface area contributed by atoms with Crippen molar-refractivity contribution < 1.29 is 9.90 Å². The maximum atomic E-state index is 11.5. The first-order chi connectivity index (χ1) is 14.1. The Hall–Kier alpha value is -3.64. The van der Waals surface area contributed by atoms with Crippen molar-refractivity contribution in [2.24, 2.45) is 0 Å². The molecule has 0 spiro atoms. The molecule has 29 heavy (non-hydrogen) atoms. The monoisotopic (exact) mass is 402 g/mol. The summed E-state index contributed by atoms with van der Waals surface area (Å²) in [6.07, 6.45) is 3.51. The third-order valence-corrected chi connectivity index (χ3v) is 5.18. The molecule has 5 rings (SSSR count). The first-order valence-electron chi connectivity index (χ1n) is 9.01. The zero-order valence-electron chi connectivity index (χ0n) is 15.1. The van der Waals surface area contributed by atoms with Crippen LogP contribution >= 0.6 is 11.6 Å². The van der Waals surface area contributed by atoms with Crippen LogP contribution in [0, 0.1) is 0 Å². The third kappa shape index (κ3) is 3.03. The second-order valence-electron chi connectivity index (χ2n) is 6.78. The zero-order valence-corrected chi connectivity index (χ0v) is 15.9. The number of fused-ring (bicyclic) bond motifs is 5. The third-order valence-electron chi connectivity index (χ3n) is 4.94. The van der Waals surface area contributed by atoms with E-state index >= 15 is 0 Å². The van der Waals surface area contributed by atoms with Crippen LogP contribution in [0.2, 0.25) is 5.02 Å². The van der Waals surface area contributed by atoms with Gasteiger partial charge in [0.05, 0.1) is 11.1 Å². The number of aromatic carboxylic acids is 1. The van der Waals surface area contributed by atoms with Crippen LogP contribution in [0.1, 0.15) is 15.9 Å². The Morgan fingerprint density at radius 1 is 1.10 bits per heavy atom. The number of hydrogen-bond acceptors (Lipinski definition) is 4. The molecular formula is C22H15ClN4O2. The number of aromatic amines is 1. The van der Waals surface area contributed by atoms with E-state index in [1.54, 1.807) is 24.5 Å². The van der Waals surface area contributed by atoms with Crippen LogP contribution in [0.3, 0.4) is 0 Å². The van der Waals surface area contributed by atoms with E-state index in [1.807, 2.05) is 36.4 Å². The molecule has 0 fully saturated rings. The molecule has 0 bridgehead atoms. The van der Waals surface area contributed by atoms with Gasteiger partial charge in [0.2, 0.25) is 0 Å². The summed E-state index contributed by atoms with van der Waals surface area (Å²) in [5.41, 5.74) is 2.86. The molecule has 0 unspecified atom stereocenters. The van der Waals surface area contributed by atoms with Crippen molar-refractivity contribution in [1.29, 1.82) is 0 Å². The fourth-order valence-electron chi connectivity index (χ4n) is 3.61. The average Bonchev–Trinajstić information content (AvgIpc) is 3.10. The van der Waals surface area contributed by atoms with Gasteiger partial charge in [-0.05, 0) is 41.3 Å². The molecule has 0 radical (unpaired) electrons. The molecule has 0 amide bonds. The molecule has 0 saturated heterocycles. The summed E-state index contributed by atoms with van der Waals surface area (Å²) in [5, 5.41) is 17.0. The minimum Gasteiger partial charge on any atom is -0.478 e. The van der Waals surface area contributed by atoms with Gasteiger partial charge in [-0.15, -0.1) is 0 Å². The van der Waals surface area contributed by atoms with E-state index in [4.69, 9.17) is 16.6 Å². The molecule has 0 aliphatic carbocycles. The number of pyridine rings is 2. The smallest absolute Gasteiger partial charge is 0.335 e. The number of aromatic nitrogens is 3. The molecule has 7 heteroatoms. The minimum absolute atomic E-state index is 0.211. The molecule has 0 aliphatic heterocycles. The molecular weight excluding hydrogens is 388 g/mol. The molecule has 2 aromatic carbocycles. The number of H-pyrrole nitrogens is 1. The van der Waals surface area contributed by atoms with Gasteiger partial charge in [0.15, 0.2) is 0 Å². The van der Waals surface area contributed by atoms with Crippen molar-refractivity contribution in [3.8, 4) is 0 Å². The van der Waals surface area contributed by atoms with Crippen LogP contribution < -0.4 is 5.32 Å². The Bertz CT molecular complexity index is 1410. The van der Waals surface area contributed by atoms with Crippen molar-refractivity contribution in [2.75, 3.05) is 5.32 Å². The topological polar surface area (TPSA) is 90.9 Å². The van der Waals surface area contributed by atoms with E-state index in [0.717, 1.165) is 38.3 Å². The number of nitrogens with one attached hydrogen (secondary N) is 2. The molecule has 0 saturated carbocycles. The van der Waals surface area contributed by atoms with Crippen LogP contribution in [0.4, 0.5) is 5.82 Å². The molecule has 3 N–H and O–H groups in total. The SMILES string of the molecule is O=C(O)c1ccc2c(c1)c(NCc1cccc(Cl)c1)nc1[nH]c3ccncc3c12. The van der Waals surface area contributed by atoms with Gasteiger partial charge >= 0.3 is 5.97 Å². The molecule has 5 aromatic rings. The van der Waals surface area contributed by atoms with Crippen molar-refractivity contribution >= 4 is 56.1 Å². The zero-order chi connectivity index (χ0) is 20.0. The van der Waals surface area contributed by atoms with Crippen molar-refractivity contribution in [3.63, 3.8) is 0 Å². The van der Waals surface area contributed by atoms with Gasteiger partial charge in [-0.25, -0.2) is 9.78 Å². The minimum atomic E-state index is -0.978. The van der Waals surface area contributed by atoms with Crippen LogP contribution in [0.25, 0.3) is 32.7 Å². The lowest BCUT2D eigenvalue weighted by molar-refractivity contribution is 0.0697. The van der Waals surface area contributed by atoms with E-state index < -0.39 is 5.97 Å². The number of carboxylic acids is 1. The lowest BCUT2D eigenvalue weighted by Crippen LogP contribution is -2.03. The van der Waals surface area contributed by atoms with Gasteiger partial charge in [-0.1, -0.05) is 29.8 Å². The van der Waals surface area contributed by atoms with Gasteiger partial charge in [-0.2, -0.15) is 0 Å². The Labute approximate surface area is 170 Å². The van der Waals surface area contributed by atoms with Gasteiger partial charge in [0.25, 0.3) is 0 Å². The van der Waals surface area contributed by atoms with E-state index in [-0.39, 0.29) is 5.56 Å². The summed E-state index contributed by atoms with van der Waals surface area (Å²) in [5.74, 6) is -0.372. The summed E-state index contributed by atoms with van der Waals surface area (Å²) in [6.45, 7) is 0.507. The second-order valence-corrected chi connectivity index (χ2v) is 7.22. The summed E-state index contributed by atoms with van der Waals surface area (Å²) in [7, 11) is 0. The number of carbonyl (C=O) groups is 1. The molecule has 3 aromatic heterocycles. The van der Waals surface area contributed by atoms with E-state index in [0.29, 0.717) is 17.4 Å². The highest BCUT2D eigenvalue weighted by Crippen LogP contribution is 2.34. The lowest BCUT2D eigenvalue weighted by Gasteiger charge is -2.11. The average molecular weight is 403 g/mol.